The Balaban J connectivity index is 1.95. The summed E-state index contributed by atoms with van der Waals surface area (Å²) in [6, 6.07) is 22.6. The van der Waals surface area contributed by atoms with Gasteiger partial charge in [-0.1, -0.05) is 60.7 Å². The molecule has 1 atom stereocenters. The summed E-state index contributed by atoms with van der Waals surface area (Å²) >= 11 is 0. The number of nitrogens with one attached hydrogen (secondary N) is 1. The molecule has 2 aromatic rings. The SMILES string of the molecule is CN(C1CCNC1)C(c1ccccc1)c1ccccc1. The molecular formula is C18H22N2. The summed E-state index contributed by atoms with van der Waals surface area (Å²) < 4.78 is 0. The van der Waals surface area contributed by atoms with Crippen LogP contribution in [0.25, 0.3) is 0 Å². The van der Waals surface area contributed by atoms with Gasteiger partial charge in [0.15, 0.2) is 0 Å². The summed E-state index contributed by atoms with van der Waals surface area (Å²) in [7, 11) is 2.25. The molecule has 0 aromatic heterocycles. The first-order chi connectivity index (χ1) is 9.86. The molecule has 104 valence electrons. The van der Waals surface area contributed by atoms with Gasteiger partial charge in [0.05, 0.1) is 6.04 Å². The molecule has 1 unspecified atom stereocenters. The van der Waals surface area contributed by atoms with E-state index in [1.165, 1.54) is 17.5 Å². The summed E-state index contributed by atoms with van der Waals surface area (Å²) in [6.07, 6.45) is 1.23. The van der Waals surface area contributed by atoms with Crippen LogP contribution >= 0.6 is 0 Å². The molecule has 0 bridgehead atoms. The minimum Gasteiger partial charge on any atom is -0.315 e. The molecular weight excluding hydrogens is 244 g/mol. The standard InChI is InChI=1S/C18H22N2/c1-20(17-12-13-19-14-17)18(15-8-4-2-5-9-15)16-10-6-3-7-11-16/h2-11,17-19H,12-14H2,1H3. The molecule has 0 radical (unpaired) electrons. The van der Waals surface area contributed by atoms with Crippen LogP contribution in [0.5, 0.6) is 0 Å². The number of likely N-dealkylation sites (N-methyl/N-ethyl adjacent to an activating group) is 1. The second-order valence-electron chi connectivity index (χ2n) is 5.54. The van der Waals surface area contributed by atoms with Gasteiger partial charge in [-0.2, -0.15) is 0 Å². The van der Waals surface area contributed by atoms with Crippen molar-refractivity contribution in [3.05, 3.63) is 71.8 Å². The van der Waals surface area contributed by atoms with E-state index in [9.17, 15) is 0 Å². The normalized spacial score (nSPS) is 18.9. The Morgan fingerprint density at radius 3 is 1.95 bits per heavy atom. The van der Waals surface area contributed by atoms with E-state index in [0.717, 1.165) is 13.1 Å². The maximum atomic E-state index is 3.47. The van der Waals surface area contributed by atoms with E-state index < -0.39 is 0 Å². The van der Waals surface area contributed by atoms with Crippen molar-refractivity contribution in [2.24, 2.45) is 0 Å². The van der Waals surface area contributed by atoms with Crippen LogP contribution in [0.2, 0.25) is 0 Å². The predicted molar refractivity (Wildman–Crippen MR) is 83.8 cm³/mol. The molecule has 1 heterocycles. The van der Waals surface area contributed by atoms with Gasteiger partial charge in [0, 0.05) is 12.6 Å². The Kier molecular flexibility index (Phi) is 4.14. The van der Waals surface area contributed by atoms with Crippen LogP contribution in [0.15, 0.2) is 60.7 Å². The lowest BCUT2D eigenvalue weighted by Gasteiger charge is -2.33. The highest BCUT2D eigenvalue weighted by atomic mass is 15.2. The lowest BCUT2D eigenvalue weighted by atomic mass is 9.96. The van der Waals surface area contributed by atoms with Gasteiger partial charge in [-0.15, -0.1) is 0 Å². The summed E-state index contributed by atoms with van der Waals surface area (Å²) in [4.78, 5) is 2.52. The minimum atomic E-state index is 0.335. The summed E-state index contributed by atoms with van der Waals surface area (Å²) in [5, 5.41) is 3.47. The molecule has 0 spiro atoms. The fourth-order valence-electron chi connectivity index (χ4n) is 3.13. The number of hydrogen-bond acceptors (Lipinski definition) is 2. The number of benzene rings is 2. The Labute approximate surface area is 121 Å². The average molecular weight is 266 g/mol. The molecule has 2 aromatic carbocycles. The maximum absolute atomic E-state index is 3.47. The van der Waals surface area contributed by atoms with Crippen molar-refractivity contribution in [2.75, 3.05) is 20.1 Å². The van der Waals surface area contributed by atoms with Gasteiger partial charge in [-0.3, -0.25) is 4.90 Å². The molecule has 0 saturated carbocycles. The molecule has 2 nitrogen and oxygen atoms in total. The van der Waals surface area contributed by atoms with E-state index in [-0.39, 0.29) is 0 Å². The van der Waals surface area contributed by atoms with E-state index in [1.54, 1.807) is 0 Å². The van der Waals surface area contributed by atoms with Crippen molar-refractivity contribution in [3.63, 3.8) is 0 Å². The van der Waals surface area contributed by atoms with E-state index in [0.29, 0.717) is 12.1 Å². The van der Waals surface area contributed by atoms with Gasteiger partial charge < -0.3 is 5.32 Å². The third kappa shape index (κ3) is 2.77. The third-order valence-corrected chi connectivity index (χ3v) is 4.25. The number of rotatable bonds is 4. The van der Waals surface area contributed by atoms with Crippen molar-refractivity contribution in [2.45, 2.75) is 18.5 Å². The van der Waals surface area contributed by atoms with Crippen molar-refractivity contribution in [1.82, 2.24) is 10.2 Å². The summed E-state index contributed by atoms with van der Waals surface area (Å²) in [5.74, 6) is 0. The maximum Gasteiger partial charge on any atom is 0.0602 e. The summed E-state index contributed by atoms with van der Waals surface area (Å²) in [6.45, 7) is 2.22. The Morgan fingerprint density at radius 1 is 0.950 bits per heavy atom. The van der Waals surface area contributed by atoms with Gasteiger partial charge in [-0.05, 0) is 31.1 Å². The van der Waals surface area contributed by atoms with Gasteiger partial charge in [0.1, 0.15) is 0 Å². The minimum absolute atomic E-state index is 0.335. The lowest BCUT2D eigenvalue weighted by Crippen LogP contribution is -2.37. The number of hydrogen-bond donors (Lipinski definition) is 1. The molecule has 0 amide bonds. The number of nitrogens with zero attached hydrogens (tertiary/aromatic N) is 1. The first-order valence-corrected chi connectivity index (χ1v) is 7.39. The van der Waals surface area contributed by atoms with Crippen molar-refractivity contribution >= 4 is 0 Å². The summed E-state index contributed by atoms with van der Waals surface area (Å²) in [5.41, 5.74) is 2.74. The van der Waals surface area contributed by atoms with Gasteiger partial charge >= 0.3 is 0 Å². The fraction of sp³-hybridized carbons (Fsp3) is 0.333. The predicted octanol–water partition coefficient (Wildman–Crippen LogP) is 3.07. The lowest BCUT2D eigenvalue weighted by molar-refractivity contribution is 0.211. The zero-order chi connectivity index (χ0) is 13.8. The molecule has 1 fully saturated rings. The first kappa shape index (κ1) is 13.3. The van der Waals surface area contributed by atoms with Crippen LogP contribution in [0, 0.1) is 0 Å². The topological polar surface area (TPSA) is 15.3 Å². The van der Waals surface area contributed by atoms with Crippen LogP contribution in [0.4, 0.5) is 0 Å². The highest BCUT2D eigenvalue weighted by molar-refractivity contribution is 5.31. The molecule has 1 aliphatic rings. The van der Waals surface area contributed by atoms with Gasteiger partial charge in [0.25, 0.3) is 0 Å². The second kappa shape index (κ2) is 6.21. The quantitative estimate of drug-likeness (QED) is 0.915. The third-order valence-electron chi connectivity index (χ3n) is 4.25. The van der Waals surface area contributed by atoms with Crippen LogP contribution in [0.3, 0.4) is 0 Å². The van der Waals surface area contributed by atoms with Crippen molar-refractivity contribution in [1.29, 1.82) is 0 Å². The van der Waals surface area contributed by atoms with Gasteiger partial charge in [0.2, 0.25) is 0 Å². The Hall–Kier alpha value is -1.64. The molecule has 0 aliphatic carbocycles. The smallest absolute Gasteiger partial charge is 0.0602 e. The Morgan fingerprint density at radius 2 is 1.50 bits per heavy atom. The Bertz CT molecular complexity index is 478. The molecule has 20 heavy (non-hydrogen) atoms. The highest BCUT2D eigenvalue weighted by Gasteiger charge is 2.27. The molecule has 1 aliphatic heterocycles. The van der Waals surface area contributed by atoms with E-state index in [4.69, 9.17) is 0 Å². The van der Waals surface area contributed by atoms with Gasteiger partial charge in [-0.25, -0.2) is 0 Å². The first-order valence-electron chi connectivity index (χ1n) is 7.39. The van der Waals surface area contributed by atoms with Crippen molar-refractivity contribution < 1.29 is 0 Å². The van der Waals surface area contributed by atoms with Crippen LogP contribution in [-0.2, 0) is 0 Å². The molecule has 1 saturated heterocycles. The largest absolute Gasteiger partial charge is 0.315 e. The second-order valence-corrected chi connectivity index (χ2v) is 5.54. The highest BCUT2D eigenvalue weighted by Crippen LogP contribution is 2.30. The van der Waals surface area contributed by atoms with Crippen LogP contribution in [-0.4, -0.2) is 31.1 Å². The van der Waals surface area contributed by atoms with Crippen LogP contribution < -0.4 is 5.32 Å². The van der Waals surface area contributed by atoms with E-state index >= 15 is 0 Å². The monoisotopic (exact) mass is 266 g/mol. The molecule has 2 heteroatoms. The van der Waals surface area contributed by atoms with E-state index in [2.05, 4.69) is 77.9 Å². The zero-order valence-electron chi connectivity index (χ0n) is 12.0. The van der Waals surface area contributed by atoms with Crippen LogP contribution in [0.1, 0.15) is 23.6 Å². The molecule has 1 N–H and O–H groups in total. The van der Waals surface area contributed by atoms with Crippen molar-refractivity contribution in [3.8, 4) is 0 Å². The zero-order valence-corrected chi connectivity index (χ0v) is 12.0. The molecule has 3 rings (SSSR count). The average Bonchev–Trinajstić information content (AvgIpc) is 3.04. The van der Waals surface area contributed by atoms with E-state index in [1.807, 2.05) is 0 Å². The fourth-order valence-corrected chi connectivity index (χ4v) is 3.13.